The Hall–Kier alpha value is -3.51. The Morgan fingerprint density at radius 1 is 1.10 bits per heavy atom. The Balaban J connectivity index is 1.60. The van der Waals surface area contributed by atoms with Gasteiger partial charge in [0.1, 0.15) is 5.69 Å². The van der Waals surface area contributed by atoms with Crippen LogP contribution in [-0.4, -0.2) is 27.6 Å². The number of aryl methyl sites for hydroxylation is 2. The van der Waals surface area contributed by atoms with Crippen LogP contribution in [0.2, 0.25) is 0 Å². The third kappa shape index (κ3) is 3.88. The van der Waals surface area contributed by atoms with E-state index in [1.165, 1.54) is 0 Å². The van der Waals surface area contributed by atoms with Gasteiger partial charge >= 0.3 is 0 Å². The van der Waals surface area contributed by atoms with Crippen molar-refractivity contribution in [3.8, 4) is 11.1 Å². The normalized spacial score (nSPS) is 12.1. The maximum atomic E-state index is 12.8. The van der Waals surface area contributed by atoms with E-state index in [0.29, 0.717) is 12.2 Å². The number of nitrogens with zero attached hydrogens (tertiary/aromatic N) is 2. The molecule has 2 heterocycles. The number of hydrogen-bond donors (Lipinski definition) is 3. The van der Waals surface area contributed by atoms with E-state index in [9.17, 15) is 4.79 Å². The monoisotopic (exact) mass is 385 g/mol. The van der Waals surface area contributed by atoms with Gasteiger partial charge in [-0.05, 0) is 54.8 Å². The lowest BCUT2D eigenvalue weighted by atomic mass is 10.0. The molecule has 0 aliphatic heterocycles. The Morgan fingerprint density at radius 2 is 1.93 bits per heavy atom. The fourth-order valence-corrected chi connectivity index (χ4v) is 3.46. The van der Waals surface area contributed by atoms with Gasteiger partial charge < -0.3 is 11.1 Å². The molecule has 4 N–H and O–H groups in total. The highest BCUT2D eigenvalue weighted by molar-refractivity contribution is 5.94. The van der Waals surface area contributed by atoms with Crippen LogP contribution < -0.4 is 11.1 Å². The second-order valence-electron chi connectivity index (χ2n) is 7.18. The van der Waals surface area contributed by atoms with E-state index >= 15 is 0 Å². The van der Waals surface area contributed by atoms with Crippen molar-refractivity contribution in [2.75, 3.05) is 6.54 Å². The average Bonchev–Trinajstić information content (AvgIpc) is 3.12. The van der Waals surface area contributed by atoms with E-state index in [-0.39, 0.29) is 11.9 Å². The molecule has 0 saturated carbocycles. The van der Waals surface area contributed by atoms with Gasteiger partial charge in [-0.25, -0.2) is 0 Å². The third-order valence-corrected chi connectivity index (χ3v) is 5.06. The number of nitrogens with two attached hydrogens (primary N) is 1. The van der Waals surface area contributed by atoms with Gasteiger partial charge in [-0.2, -0.15) is 5.10 Å². The van der Waals surface area contributed by atoms with E-state index < -0.39 is 0 Å². The van der Waals surface area contributed by atoms with Gasteiger partial charge in [0, 0.05) is 18.1 Å². The van der Waals surface area contributed by atoms with Crippen LogP contribution in [-0.2, 0) is 0 Å². The number of aromatic amines is 1. The molecule has 0 aliphatic rings. The van der Waals surface area contributed by atoms with E-state index in [4.69, 9.17) is 5.73 Å². The summed E-state index contributed by atoms with van der Waals surface area (Å²) in [7, 11) is 0. The minimum atomic E-state index is -0.266. The summed E-state index contributed by atoms with van der Waals surface area (Å²) in [5.74, 6) is -0.246. The van der Waals surface area contributed by atoms with Crippen LogP contribution in [0.1, 0.15) is 33.4 Å². The molecule has 0 fully saturated rings. The van der Waals surface area contributed by atoms with Gasteiger partial charge in [-0.3, -0.25) is 14.9 Å². The van der Waals surface area contributed by atoms with Crippen LogP contribution in [0, 0.1) is 13.8 Å². The van der Waals surface area contributed by atoms with Crippen LogP contribution in [0.15, 0.2) is 60.8 Å². The van der Waals surface area contributed by atoms with E-state index in [0.717, 1.165) is 38.9 Å². The lowest BCUT2D eigenvalue weighted by Gasteiger charge is -2.18. The number of amides is 1. The fourth-order valence-electron chi connectivity index (χ4n) is 3.46. The van der Waals surface area contributed by atoms with Crippen molar-refractivity contribution in [3.05, 3.63) is 83.3 Å². The van der Waals surface area contributed by atoms with Crippen molar-refractivity contribution >= 4 is 16.8 Å². The summed E-state index contributed by atoms with van der Waals surface area (Å²) in [5.41, 5.74) is 12.2. The average molecular weight is 385 g/mol. The number of fused-ring (bicyclic) bond motifs is 1. The van der Waals surface area contributed by atoms with Gasteiger partial charge in [0.15, 0.2) is 0 Å². The maximum Gasteiger partial charge on any atom is 0.270 e. The van der Waals surface area contributed by atoms with E-state index in [1.54, 1.807) is 12.3 Å². The Bertz CT molecular complexity index is 1180. The molecule has 0 aliphatic carbocycles. The molecule has 6 heteroatoms. The summed E-state index contributed by atoms with van der Waals surface area (Å²) < 4.78 is 0. The van der Waals surface area contributed by atoms with Crippen LogP contribution in [0.3, 0.4) is 0 Å². The predicted octanol–water partition coefficient (Wildman–Crippen LogP) is 3.67. The highest BCUT2D eigenvalue weighted by Crippen LogP contribution is 2.25. The maximum absolute atomic E-state index is 12.8. The van der Waals surface area contributed by atoms with E-state index in [1.807, 2.05) is 56.3 Å². The minimum absolute atomic E-state index is 0.246. The second-order valence-corrected chi connectivity index (χ2v) is 7.18. The quantitative estimate of drug-likeness (QED) is 0.488. The number of nitrogens with one attached hydrogen (secondary N) is 2. The molecule has 4 aromatic rings. The summed E-state index contributed by atoms with van der Waals surface area (Å²) in [6.45, 7) is 4.29. The van der Waals surface area contributed by atoms with Crippen molar-refractivity contribution < 1.29 is 4.79 Å². The molecule has 0 spiro atoms. The number of benzene rings is 2. The topological polar surface area (TPSA) is 96.7 Å². The molecule has 0 saturated heterocycles. The minimum Gasteiger partial charge on any atom is -0.343 e. The molecular weight excluding hydrogens is 362 g/mol. The van der Waals surface area contributed by atoms with Crippen LogP contribution in [0.5, 0.6) is 0 Å². The number of hydrogen-bond acceptors (Lipinski definition) is 4. The molecule has 1 amide bonds. The van der Waals surface area contributed by atoms with Crippen molar-refractivity contribution in [3.63, 3.8) is 0 Å². The van der Waals surface area contributed by atoms with Crippen LogP contribution >= 0.6 is 0 Å². The number of rotatable bonds is 5. The number of H-pyrrole nitrogens is 1. The van der Waals surface area contributed by atoms with Crippen molar-refractivity contribution in [1.29, 1.82) is 0 Å². The Morgan fingerprint density at radius 3 is 2.72 bits per heavy atom. The molecule has 4 rings (SSSR count). The molecule has 6 nitrogen and oxygen atoms in total. The standard InChI is InChI=1S/C23H23N5O/c1-14-4-3-5-18(10-14)22(13-24)26-23(29)21-12-17(8-9-25-21)16-6-7-20-19(11-16)15(2)27-28-20/h3-12,22H,13,24H2,1-2H3,(H,26,29)(H,27,28)/t22-/m0/s1. The first-order valence-electron chi connectivity index (χ1n) is 9.54. The Labute approximate surface area is 169 Å². The highest BCUT2D eigenvalue weighted by atomic mass is 16.1. The SMILES string of the molecule is Cc1cccc([C@H](CN)NC(=O)c2cc(-c3ccc4[nH]nc(C)c4c3)ccn2)c1. The summed E-state index contributed by atoms with van der Waals surface area (Å²) in [6, 6.07) is 17.5. The molecular formula is C23H23N5O. The Kier molecular flexibility index (Phi) is 5.10. The van der Waals surface area contributed by atoms with Crippen LogP contribution in [0.25, 0.3) is 22.0 Å². The van der Waals surface area contributed by atoms with E-state index in [2.05, 4.69) is 26.6 Å². The smallest absolute Gasteiger partial charge is 0.270 e. The second kappa shape index (κ2) is 7.85. The van der Waals surface area contributed by atoms with Gasteiger partial charge in [0.2, 0.25) is 0 Å². The van der Waals surface area contributed by atoms with Crippen LogP contribution in [0.4, 0.5) is 0 Å². The van der Waals surface area contributed by atoms with Gasteiger partial charge in [-0.1, -0.05) is 35.9 Å². The van der Waals surface area contributed by atoms with Crippen molar-refractivity contribution in [2.45, 2.75) is 19.9 Å². The number of aromatic nitrogens is 3. The number of carbonyl (C=O) groups excluding carboxylic acids is 1. The first-order chi connectivity index (χ1) is 14.0. The first-order valence-corrected chi connectivity index (χ1v) is 9.54. The zero-order valence-corrected chi connectivity index (χ0v) is 16.4. The zero-order valence-electron chi connectivity index (χ0n) is 16.4. The number of pyridine rings is 1. The molecule has 0 unspecified atom stereocenters. The molecule has 29 heavy (non-hydrogen) atoms. The molecule has 146 valence electrons. The van der Waals surface area contributed by atoms with Gasteiger partial charge in [0.25, 0.3) is 5.91 Å². The first kappa shape index (κ1) is 18.8. The summed E-state index contributed by atoms with van der Waals surface area (Å²) in [6.07, 6.45) is 1.65. The number of carbonyl (C=O) groups is 1. The third-order valence-electron chi connectivity index (χ3n) is 5.06. The largest absolute Gasteiger partial charge is 0.343 e. The molecule has 0 bridgehead atoms. The predicted molar refractivity (Wildman–Crippen MR) is 115 cm³/mol. The lowest BCUT2D eigenvalue weighted by Crippen LogP contribution is -2.33. The summed E-state index contributed by atoms with van der Waals surface area (Å²) >= 11 is 0. The van der Waals surface area contributed by atoms with Gasteiger partial charge in [-0.15, -0.1) is 0 Å². The lowest BCUT2D eigenvalue weighted by molar-refractivity contribution is 0.0933. The molecule has 0 radical (unpaired) electrons. The molecule has 1 atom stereocenters. The zero-order chi connectivity index (χ0) is 20.4. The van der Waals surface area contributed by atoms with Gasteiger partial charge in [0.05, 0.1) is 17.3 Å². The summed E-state index contributed by atoms with van der Waals surface area (Å²) in [4.78, 5) is 17.1. The van der Waals surface area contributed by atoms with Crippen molar-refractivity contribution in [2.24, 2.45) is 5.73 Å². The van der Waals surface area contributed by atoms with Crippen molar-refractivity contribution in [1.82, 2.24) is 20.5 Å². The molecule has 2 aromatic carbocycles. The summed E-state index contributed by atoms with van der Waals surface area (Å²) in [5, 5.41) is 11.3. The highest BCUT2D eigenvalue weighted by Gasteiger charge is 2.16. The molecule has 2 aromatic heterocycles. The fraction of sp³-hybridized carbons (Fsp3) is 0.174.